The van der Waals surface area contributed by atoms with E-state index in [4.69, 9.17) is 23.2 Å². The van der Waals surface area contributed by atoms with Crippen molar-refractivity contribution in [3.63, 3.8) is 0 Å². The van der Waals surface area contributed by atoms with Gasteiger partial charge in [0.15, 0.2) is 0 Å². The lowest BCUT2D eigenvalue weighted by Crippen LogP contribution is -2.36. The minimum absolute atomic E-state index is 0.0103. The first-order valence-electron chi connectivity index (χ1n) is 8.54. The summed E-state index contributed by atoms with van der Waals surface area (Å²) in [5.41, 5.74) is 2.97. The minimum atomic E-state index is -0.0182. The highest BCUT2D eigenvalue weighted by atomic mass is 35.5. The number of rotatable bonds is 5. The molecule has 6 heteroatoms. The molecule has 0 aliphatic carbocycles. The molecule has 3 rings (SSSR count). The van der Waals surface area contributed by atoms with Crippen LogP contribution in [-0.2, 0) is 4.79 Å². The van der Waals surface area contributed by atoms with Gasteiger partial charge in [-0.15, -0.1) is 0 Å². The Kier molecular flexibility index (Phi) is 5.97. The van der Waals surface area contributed by atoms with E-state index in [2.05, 4.69) is 5.10 Å². The van der Waals surface area contributed by atoms with Gasteiger partial charge in [-0.1, -0.05) is 59.6 Å². The maximum atomic E-state index is 12.6. The van der Waals surface area contributed by atoms with Crippen LogP contribution in [0.2, 0.25) is 10.0 Å². The molecule has 0 saturated carbocycles. The third-order valence-electron chi connectivity index (χ3n) is 4.66. The predicted octanol–water partition coefficient (Wildman–Crippen LogP) is 4.62. The zero-order chi connectivity index (χ0) is 18.7. The average Bonchev–Trinajstić information content (AvgIpc) is 3.12. The Hall–Kier alpha value is -1.88. The van der Waals surface area contributed by atoms with Crippen molar-refractivity contribution in [2.45, 2.75) is 19.4 Å². The molecule has 0 spiro atoms. The Morgan fingerprint density at radius 1 is 1.23 bits per heavy atom. The molecule has 2 aromatic carbocycles. The van der Waals surface area contributed by atoms with Gasteiger partial charge in [-0.25, -0.2) is 5.01 Å². The number of hydrazone groups is 1. The molecular weight excluding hydrogens is 369 g/mol. The van der Waals surface area contributed by atoms with Crippen molar-refractivity contribution in [2.24, 2.45) is 5.10 Å². The highest BCUT2D eigenvalue weighted by Gasteiger charge is 2.24. The molecule has 0 saturated heterocycles. The van der Waals surface area contributed by atoms with Gasteiger partial charge in [0.2, 0.25) is 0 Å². The summed E-state index contributed by atoms with van der Waals surface area (Å²) in [7, 11) is 1.91. The summed E-state index contributed by atoms with van der Waals surface area (Å²) in [6.07, 6.45) is 0.776. The minimum Gasteiger partial charge on any atom is -0.291 e. The largest absolute Gasteiger partial charge is 0.291 e. The van der Waals surface area contributed by atoms with Crippen molar-refractivity contribution >= 4 is 34.8 Å². The quantitative estimate of drug-likeness (QED) is 0.747. The van der Waals surface area contributed by atoms with E-state index in [0.29, 0.717) is 16.6 Å². The van der Waals surface area contributed by atoms with E-state index in [9.17, 15) is 4.79 Å². The fourth-order valence-corrected chi connectivity index (χ4v) is 3.55. The SMILES string of the molecule is CC(c1ccc(Cl)cc1Cl)N(C)CC(=O)N1CCC(c2ccccc2)=N1. The molecule has 0 bridgehead atoms. The number of benzene rings is 2. The van der Waals surface area contributed by atoms with Crippen molar-refractivity contribution in [1.82, 2.24) is 9.91 Å². The summed E-state index contributed by atoms with van der Waals surface area (Å²) in [6, 6.07) is 15.4. The first kappa shape index (κ1) is 18.9. The topological polar surface area (TPSA) is 35.9 Å². The second-order valence-corrected chi connectivity index (χ2v) is 7.28. The lowest BCUT2D eigenvalue weighted by atomic mass is 10.1. The van der Waals surface area contributed by atoms with Gasteiger partial charge in [-0.2, -0.15) is 5.10 Å². The molecule has 0 aromatic heterocycles. The van der Waals surface area contributed by atoms with Crippen LogP contribution in [0.25, 0.3) is 0 Å². The van der Waals surface area contributed by atoms with E-state index in [1.54, 1.807) is 11.1 Å². The van der Waals surface area contributed by atoms with E-state index >= 15 is 0 Å². The number of nitrogens with zero attached hydrogens (tertiary/aromatic N) is 3. The zero-order valence-corrected chi connectivity index (χ0v) is 16.3. The third kappa shape index (κ3) is 4.26. The van der Waals surface area contributed by atoms with Crippen molar-refractivity contribution in [1.29, 1.82) is 0 Å². The average molecular weight is 390 g/mol. The summed E-state index contributed by atoms with van der Waals surface area (Å²) in [5, 5.41) is 7.28. The van der Waals surface area contributed by atoms with E-state index in [1.165, 1.54) is 0 Å². The number of amides is 1. The lowest BCUT2D eigenvalue weighted by Gasteiger charge is -2.26. The smallest absolute Gasteiger partial charge is 0.256 e. The number of hydrogen-bond donors (Lipinski definition) is 0. The van der Waals surface area contributed by atoms with Crippen LogP contribution >= 0.6 is 23.2 Å². The van der Waals surface area contributed by atoms with Crippen molar-refractivity contribution in [3.05, 3.63) is 69.7 Å². The number of carbonyl (C=O) groups is 1. The second-order valence-electron chi connectivity index (χ2n) is 6.44. The summed E-state index contributed by atoms with van der Waals surface area (Å²) in [6.45, 7) is 2.91. The van der Waals surface area contributed by atoms with Crippen LogP contribution in [0, 0.1) is 0 Å². The molecule has 1 aliphatic heterocycles. The summed E-state index contributed by atoms with van der Waals surface area (Å²) in [4.78, 5) is 14.6. The standard InChI is InChI=1S/C20H21Cl2N3O/c1-14(17-9-8-16(21)12-18(17)22)24(2)13-20(26)25-11-10-19(23-25)15-6-4-3-5-7-15/h3-9,12,14H,10-11,13H2,1-2H3. The highest BCUT2D eigenvalue weighted by Crippen LogP contribution is 2.29. The molecular formula is C20H21Cl2N3O. The Bertz CT molecular complexity index is 823. The Labute approximate surface area is 164 Å². The van der Waals surface area contributed by atoms with E-state index in [0.717, 1.165) is 23.3 Å². The van der Waals surface area contributed by atoms with Gasteiger partial charge in [0.25, 0.3) is 5.91 Å². The molecule has 136 valence electrons. The van der Waals surface area contributed by atoms with Gasteiger partial charge in [-0.05, 0) is 37.2 Å². The van der Waals surface area contributed by atoms with Crippen molar-refractivity contribution in [3.8, 4) is 0 Å². The van der Waals surface area contributed by atoms with Crippen LogP contribution in [0.5, 0.6) is 0 Å². The summed E-state index contributed by atoms with van der Waals surface area (Å²) >= 11 is 12.3. The second kappa shape index (κ2) is 8.21. The highest BCUT2D eigenvalue weighted by molar-refractivity contribution is 6.35. The maximum absolute atomic E-state index is 12.6. The fourth-order valence-electron chi connectivity index (χ4n) is 2.98. The predicted molar refractivity (Wildman–Crippen MR) is 107 cm³/mol. The number of hydrogen-bond acceptors (Lipinski definition) is 3. The molecule has 1 amide bonds. The van der Waals surface area contributed by atoms with Gasteiger partial charge < -0.3 is 0 Å². The third-order valence-corrected chi connectivity index (χ3v) is 5.22. The normalized spacial score (nSPS) is 15.3. The van der Waals surface area contributed by atoms with Gasteiger partial charge in [0.05, 0.1) is 18.8 Å². The number of likely N-dealkylation sites (N-methyl/N-ethyl adjacent to an activating group) is 1. The molecule has 1 atom stereocenters. The number of halogens is 2. The molecule has 1 aliphatic rings. The molecule has 0 fully saturated rings. The van der Waals surface area contributed by atoms with Crippen LogP contribution in [-0.4, -0.2) is 41.7 Å². The van der Waals surface area contributed by atoms with Crippen LogP contribution in [0.4, 0.5) is 0 Å². The maximum Gasteiger partial charge on any atom is 0.256 e. The van der Waals surface area contributed by atoms with Gasteiger partial charge >= 0.3 is 0 Å². The van der Waals surface area contributed by atoms with Crippen LogP contribution in [0.15, 0.2) is 53.6 Å². The van der Waals surface area contributed by atoms with Gasteiger partial charge in [-0.3, -0.25) is 9.69 Å². The van der Waals surface area contributed by atoms with Crippen molar-refractivity contribution in [2.75, 3.05) is 20.1 Å². The fraction of sp³-hybridized carbons (Fsp3) is 0.300. The van der Waals surface area contributed by atoms with Crippen LogP contribution < -0.4 is 0 Å². The Morgan fingerprint density at radius 3 is 2.65 bits per heavy atom. The summed E-state index contributed by atoms with van der Waals surface area (Å²) in [5.74, 6) is -0.0182. The van der Waals surface area contributed by atoms with Crippen LogP contribution in [0.3, 0.4) is 0 Å². The molecule has 1 heterocycles. The number of carbonyl (C=O) groups excluding carboxylic acids is 1. The van der Waals surface area contributed by atoms with Crippen LogP contribution in [0.1, 0.15) is 30.5 Å². The van der Waals surface area contributed by atoms with E-state index in [-0.39, 0.29) is 18.5 Å². The van der Waals surface area contributed by atoms with Gasteiger partial charge in [0.1, 0.15) is 0 Å². The molecule has 4 nitrogen and oxygen atoms in total. The summed E-state index contributed by atoms with van der Waals surface area (Å²) < 4.78 is 0. The van der Waals surface area contributed by atoms with E-state index in [1.807, 2.05) is 61.3 Å². The molecule has 2 aromatic rings. The molecule has 26 heavy (non-hydrogen) atoms. The lowest BCUT2D eigenvalue weighted by molar-refractivity contribution is -0.132. The first-order valence-corrected chi connectivity index (χ1v) is 9.29. The molecule has 0 radical (unpaired) electrons. The molecule has 1 unspecified atom stereocenters. The van der Waals surface area contributed by atoms with E-state index < -0.39 is 0 Å². The van der Waals surface area contributed by atoms with Gasteiger partial charge in [0, 0.05) is 22.5 Å². The Balaban J connectivity index is 1.65. The first-order chi connectivity index (χ1) is 12.5. The monoisotopic (exact) mass is 389 g/mol. The molecule has 0 N–H and O–H groups in total. The Morgan fingerprint density at radius 2 is 1.96 bits per heavy atom. The van der Waals surface area contributed by atoms with Crippen molar-refractivity contribution < 1.29 is 4.79 Å². The zero-order valence-electron chi connectivity index (χ0n) is 14.8.